The maximum atomic E-state index is 13.2. The molecule has 2 aromatic carbocycles. The lowest BCUT2D eigenvalue weighted by molar-refractivity contribution is 0.0600. The molecule has 0 N–H and O–H groups in total. The van der Waals surface area contributed by atoms with Crippen molar-refractivity contribution in [2.24, 2.45) is 0 Å². The molecule has 0 atom stereocenters. The Morgan fingerprint density at radius 2 is 1.78 bits per heavy atom. The molecule has 0 spiro atoms. The number of fused-ring (bicyclic) bond motifs is 1. The number of halogens is 1. The normalized spacial score (nSPS) is 10.7. The highest BCUT2D eigenvalue weighted by atomic mass is 32.1. The largest absolute Gasteiger partial charge is 0.465 e. The van der Waals surface area contributed by atoms with Crippen molar-refractivity contribution >= 4 is 27.5 Å². The molecule has 0 unspecified atom stereocenters. The summed E-state index contributed by atoms with van der Waals surface area (Å²) in [5.74, 6) is 0.212. The van der Waals surface area contributed by atoms with Crippen LogP contribution in [0.2, 0.25) is 0 Å². The molecule has 7 heteroatoms. The van der Waals surface area contributed by atoms with Crippen molar-refractivity contribution in [1.29, 1.82) is 0 Å². The second kappa shape index (κ2) is 7.13. The molecule has 0 aliphatic heterocycles. The third kappa shape index (κ3) is 3.37. The van der Waals surface area contributed by atoms with Gasteiger partial charge in [0, 0.05) is 10.9 Å². The molecule has 0 aliphatic rings. The van der Waals surface area contributed by atoms with Crippen LogP contribution in [-0.2, 0) is 4.74 Å². The highest BCUT2D eigenvalue weighted by Crippen LogP contribution is 2.38. The van der Waals surface area contributed by atoms with Gasteiger partial charge in [-0.15, -0.1) is 11.3 Å². The molecule has 0 radical (unpaired) electrons. The highest BCUT2D eigenvalue weighted by Gasteiger charge is 2.15. The number of carbonyl (C=O) groups is 1. The Bertz CT molecular complexity index is 1110. The predicted molar refractivity (Wildman–Crippen MR) is 101 cm³/mol. The van der Waals surface area contributed by atoms with Crippen molar-refractivity contribution in [2.45, 2.75) is 0 Å². The fourth-order valence-corrected chi connectivity index (χ4v) is 3.56. The molecule has 0 bridgehead atoms. The van der Waals surface area contributed by atoms with Gasteiger partial charge >= 0.3 is 5.97 Å². The van der Waals surface area contributed by atoms with Crippen LogP contribution in [0.3, 0.4) is 0 Å². The first kappa shape index (κ1) is 17.1. The third-order valence-electron chi connectivity index (χ3n) is 3.98. The second-order valence-corrected chi connectivity index (χ2v) is 6.49. The summed E-state index contributed by atoms with van der Waals surface area (Å²) >= 11 is 1.46. The van der Waals surface area contributed by atoms with E-state index in [2.05, 4.69) is 14.7 Å². The fourth-order valence-electron chi connectivity index (χ4n) is 2.66. The van der Waals surface area contributed by atoms with Crippen molar-refractivity contribution in [2.75, 3.05) is 7.11 Å². The predicted octanol–water partition coefficient (Wildman–Crippen LogP) is 5.08. The van der Waals surface area contributed by atoms with Gasteiger partial charge in [0.05, 0.1) is 18.1 Å². The van der Waals surface area contributed by atoms with Crippen LogP contribution in [0, 0.1) is 5.82 Å². The van der Waals surface area contributed by atoms with E-state index in [1.807, 2.05) is 5.38 Å². The standard InChI is InChI=1S/C20H13FN2O3S/c1-25-20(24)13-4-8-15(9-5-13)26-18-17-16(10-27-19(17)23-11-22-18)12-2-6-14(21)7-3-12/h2-11H,1H3. The smallest absolute Gasteiger partial charge is 0.337 e. The van der Waals surface area contributed by atoms with E-state index in [9.17, 15) is 9.18 Å². The minimum Gasteiger partial charge on any atom is -0.465 e. The summed E-state index contributed by atoms with van der Waals surface area (Å²) < 4.78 is 23.9. The number of esters is 1. The average Bonchev–Trinajstić information content (AvgIpc) is 3.14. The summed E-state index contributed by atoms with van der Waals surface area (Å²) in [5, 5.41) is 2.70. The topological polar surface area (TPSA) is 61.3 Å². The molecule has 0 saturated carbocycles. The number of thiophene rings is 1. The van der Waals surface area contributed by atoms with Crippen molar-refractivity contribution in [1.82, 2.24) is 9.97 Å². The molecule has 2 aromatic heterocycles. The van der Waals surface area contributed by atoms with Gasteiger partial charge in [-0.2, -0.15) is 0 Å². The lowest BCUT2D eigenvalue weighted by Gasteiger charge is -2.08. The molecule has 4 aromatic rings. The maximum Gasteiger partial charge on any atom is 0.337 e. The van der Waals surface area contributed by atoms with E-state index < -0.39 is 5.97 Å². The van der Waals surface area contributed by atoms with Crippen LogP contribution in [0.25, 0.3) is 21.3 Å². The van der Waals surface area contributed by atoms with E-state index in [0.29, 0.717) is 17.2 Å². The van der Waals surface area contributed by atoms with Gasteiger partial charge < -0.3 is 9.47 Å². The molecule has 0 saturated heterocycles. The molecular weight excluding hydrogens is 367 g/mol. The molecule has 27 heavy (non-hydrogen) atoms. The van der Waals surface area contributed by atoms with E-state index in [-0.39, 0.29) is 5.82 Å². The Morgan fingerprint density at radius 3 is 2.48 bits per heavy atom. The summed E-state index contributed by atoms with van der Waals surface area (Å²) in [4.78, 5) is 20.9. The van der Waals surface area contributed by atoms with Crippen LogP contribution in [0.15, 0.2) is 60.2 Å². The molecular formula is C20H13FN2O3S. The Labute approximate surface area is 158 Å². The van der Waals surface area contributed by atoms with Crippen molar-refractivity contribution in [3.8, 4) is 22.8 Å². The van der Waals surface area contributed by atoms with Gasteiger partial charge in [-0.05, 0) is 42.0 Å². The molecule has 5 nitrogen and oxygen atoms in total. The first-order valence-electron chi connectivity index (χ1n) is 8.00. The SMILES string of the molecule is COC(=O)c1ccc(Oc2ncnc3scc(-c4ccc(F)cc4)c23)cc1. The van der Waals surface area contributed by atoms with E-state index in [1.165, 1.54) is 36.9 Å². The first-order valence-corrected chi connectivity index (χ1v) is 8.88. The lowest BCUT2D eigenvalue weighted by Crippen LogP contribution is -2.00. The summed E-state index contributed by atoms with van der Waals surface area (Å²) in [5.41, 5.74) is 2.15. The zero-order valence-electron chi connectivity index (χ0n) is 14.2. The number of benzene rings is 2. The van der Waals surface area contributed by atoms with Crippen LogP contribution < -0.4 is 4.74 Å². The van der Waals surface area contributed by atoms with Crippen LogP contribution in [0.5, 0.6) is 11.6 Å². The van der Waals surface area contributed by atoms with E-state index in [0.717, 1.165) is 21.3 Å². The van der Waals surface area contributed by atoms with Crippen molar-refractivity contribution in [3.05, 3.63) is 71.6 Å². The van der Waals surface area contributed by atoms with Crippen molar-refractivity contribution in [3.63, 3.8) is 0 Å². The Morgan fingerprint density at radius 1 is 1.04 bits per heavy atom. The Balaban J connectivity index is 1.73. The number of aromatic nitrogens is 2. The van der Waals surface area contributed by atoms with Gasteiger partial charge in [0.15, 0.2) is 0 Å². The average molecular weight is 380 g/mol. The maximum absolute atomic E-state index is 13.2. The van der Waals surface area contributed by atoms with Gasteiger partial charge in [0.2, 0.25) is 5.88 Å². The summed E-state index contributed by atoms with van der Waals surface area (Å²) in [6.07, 6.45) is 1.44. The van der Waals surface area contributed by atoms with E-state index in [1.54, 1.807) is 36.4 Å². The first-order chi connectivity index (χ1) is 13.2. The van der Waals surface area contributed by atoms with Gasteiger partial charge in [-0.25, -0.2) is 19.2 Å². The van der Waals surface area contributed by atoms with E-state index in [4.69, 9.17) is 4.74 Å². The van der Waals surface area contributed by atoms with Gasteiger partial charge in [0.25, 0.3) is 0 Å². The Hall–Kier alpha value is -3.32. The summed E-state index contributed by atoms with van der Waals surface area (Å²) in [7, 11) is 1.33. The van der Waals surface area contributed by atoms with Crippen LogP contribution in [0.1, 0.15) is 10.4 Å². The van der Waals surface area contributed by atoms with Crippen molar-refractivity contribution < 1.29 is 18.7 Å². The van der Waals surface area contributed by atoms with Gasteiger partial charge in [-0.1, -0.05) is 12.1 Å². The molecule has 0 fully saturated rings. The van der Waals surface area contributed by atoms with E-state index >= 15 is 0 Å². The van der Waals surface area contributed by atoms with Gasteiger partial charge in [-0.3, -0.25) is 0 Å². The second-order valence-electron chi connectivity index (χ2n) is 5.63. The number of ether oxygens (including phenoxy) is 2. The Kier molecular flexibility index (Phi) is 4.52. The van der Waals surface area contributed by atoms with Crippen LogP contribution in [-0.4, -0.2) is 23.0 Å². The number of hydrogen-bond acceptors (Lipinski definition) is 6. The zero-order valence-corrected chi connectivity index (χ0v) is 15.0. The van der Waals surface area contributed by atoms with Crippen LogP contribution in [0.4, 0.5) is 4.39 Å². The number of nitrogens with zero attached hydrogens (tertiary/aromatic N) is 2. The third-order valence-corrected chi connectivity index (χ3v) is 4.87. The quantitative estimate of drug-likeness (QED) is 0.462. The molecule has 2 heterocycles. The number of carbonyl (C=O) groups excluding carboxylic acids is 1. The van der Waals surface area contributed by atoms with Crippen LogP contribution >= 0.6 is 11.3 Å². The monoisotopic (exact) mass is 380 g/mol. The molecule has 4 rings (SSSR count). The minimum absolute atomic E-state index is 0.295. The number of hydrogen-bond donors (Lipinski definition) is 0. The summed E-state index contributed by atoms with van der Waals surface area (Å²) in [6, 6.07) is 12.8. The van der Waals surface area contributed by atoms with Gasteiger partial charge in [0.1, 0.15) is 22.7 Å². The molecule has 134 valence electrons. The molecule has 0 amide bonds. The highest BCUT2D eigenvalue weighted by molar-refractivity contribution is 7.17. The number of methoxy groups -OCH3 is 1. The lowest BCUT2D eigenvalue weighted by atomic mass is 10.1. The fraction of sp³-hybridized carbons (Fsp3) is 0.0500. The minimum atomic E-state index is -0.414. The zero-order chi connectivity index (χ0) is 18.8. The number of rotatable bonds is 4. The molecule has 0 aliphatic carbocycles. The summed E-state index contributed by atoms with van der Waals surface area (Å²) in [6.45, 7) is 0.